The van der Waals surface area contributed by atoms with Crippen LogP contribution in [0.4, 0.5) is 4.79 Å². The SMILES string of the molecule is C=Cc1ccnc(O[C@@H]2C[C@@H](C(=O)N[C@]3(C(=O)NS(=O)(=O)C4CC4)C[C@H]3C=C)N(C(=O)[C@@H](NC(=O)Oc3ccc(C)cc3)C(C)(C)C)C2)c1/C=C\C. The number of hydrogen-bond acceptors (Lipinski definition) is 9. The lowest BCUT2D eigenvalue weighted by Gasteiger charge is -2.35. The molecule has 1 saturated heterocycles. The first-order chi connectivity index (χ1) is 24.5. The molecule has 0 unspecified atom stereocenters. The van der Waals surface area contributed by atoms with Crippen molar-refractivity contribution in [3.8, 4) is 11.6 Å². The van der Waals surface area contributed by atoms with Gasteiger partial charge in [-0.2, -0.15) is 0 Å². The van der Waals surface area contributed by atoms with E-state index in [-0.39, 0.29) is 31.0 Å². The van der Waals surface area contributed by atoms with Crippen LogP contribution < -0.4 is 24.8 Å². The third-order valence-electron chi connectivity index (χ3n) is 9.52. The van der Waals surface area contributed by atoms with Crippen LogP contribution in [-0.2, 0) is 24.4 Å². The number of aryl methyl sites for hydroxylation is 1. The fourth-order valence-electron chi connectivity index (χ4n) is 6.30. The van der Waals surface area contributed by atoms with E-state index in [1.165, 1.54) is 11.0 Å². The Kier molecular flexibility index (Phi) is 11.0. The number of nitrogens with zero attached hydrogens (tertiary/aromatic N) is 2. The molecule has 14 heteroatoms. The Morgan fingerprint density at radius 3 is 2.37 bits per heavy atom. The molecule has 0 radical (unpaired) electrons. The van der Waals surface area contributed by atoms with Crippen molar-refractivity contribution < 1.29 is 37.1 Å². The number of carbonyl (C=O) groups is 4. The van der Waals surface area contributed by atoms with Crippen LogP contribution in [0.15, 0.2) is 61.8 Å². The molecule has 1 aromatic heterocycles. The number of aromatic nitrogens is 1. The van der Waals surface area contributed by atoms with Crippen molar-refractivity contribution in [3.63, 3.8) is 0 Å². The Bertz CT molecular complexity index is 1880. The lowest BCUT2D eigenvalue weighted by Crippen LogP contribution is -2.60. The van der Waals surface area contributed by atoms with E-state index in [1.54, 1.807) is 63.4 Å². The van der Waals surface area contributed by atoms with Crippen molar-refractivity contribution in [2.45, 2.75) is 89.3 Å². The van der Waals surface area contributed by atoms with E-state index in [0.29, 0.717) is 18.4 Å². The molecule has 13 nitrogen and oxygen atoms in total. The number of rotatable bonds is 13. The van der Waals surface area contributed by atoms with Gasteiger partial charge in [0.2, 0.25) is 27.7 Å². The summed E-state index contributed by atoms with van der Waals surface area (Å²) in [4.78, 5) is 61.1. The van der Waals surface area contributed by atoms with Gasteiger partial charge >= 0.3 is 6.09 Å². The van der Waals surface area contributed by atoms with Crippen LogP contribution in [0.5, 0.6) is 11.6 Å². The molecule has 1 aliphatic heterocycles. The molecule has 3 aliphatic rings. The van der Waals surface area contributed by atoms with Crippen LogP contribution in [0.25, 0.3) is 12.2 Å². The van der Waals surface area contributed by atoms with Gasteiger partial charge < -0.3 is 25.0 Å². The van der Waals surface area contributed by atoms with Crippen molar-refractivity contribution in [3.05, 3.63) is 78.5 Å². The molecule has 278 valence electrons. The largest absolute Gasteiger partial charge is 0.472 e. The third kappa shape index (κ3) is 8.38. The second kappa shape index (κ2) is 14.9. The predicted octanol–water partition coefficient (Wildman–Crippen LogP) is 4.29. The molecule has 5 atom stereocenters. The van der Waals surface area contributed by atoms with Gasteiger partial charge in [0.15, 0.2) is 0 Å². The standard InChI is InChI=1S/C38H47N5O8S/c1-8-11-29-24(9-2)18-19-39-33(29)50-27-20-30(32(44)41-38(21-25(38)10-3)35(46)42-52(48,49)28-16-17-28)43(22-27)34(45)31(37(5,6)7)40-36(47)51-26-14-12-23(4)13-15-26/h8-15,18-19,25,27-28,30-31H,2-3,16-17,20-22H2,1,4-7H3,(H,40,47)(H,41,44)(H,42,46)/b11-8-/t25-,27-,30+,31-,38-/m1/s1. The summed E-state index contributed by atoms with van der Waals surface area (Å²) in [5.74, 6) is -2.08. The zero-order valence-electron chi connectivity index (χ0n) is 30.2. The van der Waals surface area contributed by atoms with Crippen molar-refractivity contribution in [1.29, 1.82) is 0 Å². The fourth-order valence-corrected chi connectivity index (χ4v) is 7.67. The Hall–Kier alpha value is -4.98. The fraction of sp³-hybridized carbons (Fsp3) is 0.447. The van der Waals surface area contributed by atoms with Crippen LogP contribution in [0.3, 0.4) is 0 Å². The number of sulfonamides is 1. The minimum Gasteiger partial charge on any atom is -0.472 e. The summed E-state index contributed by atoms with van der Waals surface area (Å²) in [6, 6.07) is 6.32. The van der Waals surface area contributed by atoms with Crippen LogP contribution in [0.1, 0.15) is 70.1 Å². The average molecular weight is 734 g/mol. The maximum atomic E-state index is 14.5. The Labute approximate surface area is 305 Å². The number of ether oxygens (including phenoxy) is 2. The van der Waals surface area contributed by atoms with E-state index in [1.807, 2.05) is 26.0 Å². The highest BCUT2D eigenvalue weighted by Crippen LogP contribution is 2.45. The lowest BCUT2D eigenvalue weighted by molar-refractivity contribution is -0.142. The van der Waals surface area contributed by atoms with Gasteiger partial charge in [0, 0.05) is 24.1 Å². The Morgan fingerprint density at radius 2 is 1.79 bits per heavy atom. The molecule has 52 heavy (non-hydrogen) atoms. The maximum absolute atomic E-state index is 14.5. The van der Waals surface area contributed by atoms with Crippen LogP contribution in [0.2, 0.25) is 0 Å². The molecule has 0 bridgehead atoms. The van der Waals surface area contributed by atoms with E-state index in [0.717, 1.165) is 11.1 Å². The third-order valence-corrected chi connectivity index (χ3v) is 11.3. The molecule has 5 rings (SSSR count). The van der Waals surface area contributed by atoms with Crippen LogP contribution in [-0.4, -0.2) is 77.6 Å². The number of carbonyl (C=O) groups excluding carboxylic acids is 4. The number of nitrogens with one attached hydrogen (secondary N) is 3. The van der Waals surface area contributed by atoms with Crippen molar-refractivity contribution in [2.75, 3.05) is 6.54 Å². The second-order valence-electron chi connectivity index (χ2n) is 14.6. The molecule has 3 fully saturated rings. The number of allylic oxidation sites excluding steroid dienone is 1. The molecule has 0 spiro atoms. The van der Waals surface area contributed by atoms with Crippen LogP contribution in [0, 0.1) is 18.3 Å². The van der Waals surface area contributed by atoms with E-state index in [2.05, 4.69) is 33.5 Å². The summed E-state index contributed by atoms with van der Waals surface area (Å²) in [6.45, 7) is 16.6. The van der Waals surface area contributed by atoms with Crippen molar-refractivity contribution in [1.82, 2.24) is 25.2 Å². The summed E-state index contributed by atoms with van der Waals surface area (Å²) in [5, 5.41) is 4.83. The van der Waals surface area contributed by atoms with E-state index in [4.69, 9.17) is 9.47 Å². The van der Waals surface area contributed by atoms with E-state index < -0.39 is 74.1 Å². The molecule has 2 aliphatic carbocycles. The lowest BCUT2D eigenvalue weighted by atomic mass is 9.85. The van der Waals surface area contributed by atoms with Gasteiger partial charge in [-0.15, -0.1) is 6.58 Å². The summed E-state index contributed by atoms with van der Waals surface area (Å²) < 4.78 is 39.3. The number of hydrogen-bond donors (Lipinski definition) is 3. The van der Waals surface area contributed by atoms with Crippen LogP contribution >= 0.6 is 0 Å². The van der Waals surface area contributed by atoms with Gasteiger partial charge in [0.25, 0.3) is 5.91 Å². The first-order valence-corrected chi connectivity index (χ1v) is 18.8. The van der Waals surface area contributed by atoms with Gasteiger partial charge in [-0.05, 0) is 62.3 Å². The van der Waals surface area contributed by atoms with Crippen molar-refractivity contribution >= 4 is 46.0 Å². The molecule has 2 saturated carbocycles. The van der Waals surface area contributed by atoms with E-state index >= 15 is 0 Å². The summed E-state index contributed by atoms with van der Waals surface area (Å²) >= 11 is 0. The maximum Gasteiger partial charge on any atom is 0.413 e. The first-order valence-electron chi connectivity index (χ1n) is 17.3. The molecule has 4 amide bonds. The average Bonchev–Trinajstić information content (AvgIpc) is 4.01. The minimum atomic E-state index is -3.90. The number of amides is 4. The zero-order valence-corrected chi connectivity index (χ0v) is 31.0. The summed E-state index contributed by atoms with van der Waals surface area (Å²) in [7, 11) is -3.90. The van der Waals surface area contributed by atoms with Crippen molar-refractivity contribution in [2.24, 2.45) is 11.3 Å². The summed E-state index contributed by atoms with van der Waals surface area (Å²) in [6.07, 6.45) is 7.84. The highest BCUT2D eigenvalue weighted by molar-refractivity contribution is 7.91. The number of likely N-dealkylation sites (tertiary alicyclic amines) is 1. The predicted molar refractivity (Wildman–Crippen MR) is 196 cm³/mol. The van der Waals surface area contributed by atoms with Gasteiger partial charge in [-0.25, -0.2) is 18.2 Å². The normalized spacial score (nSPS) is 23.3. The molecular weight excluding hydrogens is 687 g/mol. The van der Waals surface area contributed by atoms with Gasteiger partial charge in [-0.1, -0.05) is 69.4 Å². The Morgan fingerprint density at radius 1 is 1.10 bits per heavy atom. The zero-order chi connectivity index (χ0) is 38.0. The highest BCUT2D eigenvalue weighted by atomic mass is 32.2. The Balaban J connectivity index is 1.44. The molecular formula is C38H47N5O8S. The second-order valence-corrected chi connectivity index (χ2v) is 16.6. The van der Waals surface area contributed by atoms with Gasteiger partial charge in [-0.3, -0.25) is 19.1 Å². The number of benzene rings is 1. The minimum absolute atomic E-state index is 0.00829. The van der Waals surface area contributed by atoms with Gasteiger partial charge in [0.05, 0.1) is 11.8 Å². The quantitative estimate of drug-likeness (QED) is 0.254. The smallest absolute Gasteiger partial charge is 0.413 e. The highest BCUT2D eigenvalue weighted by Gasteiger charge is 2.62. The molecule has 2 heterocycles. The monoisotopic (exact) mass is 733 g/mol. The molecule has 1 aromatic carbocycles. The summed E-state index contributed by atoms with van der Waals surface area (Å²) in [5.41, 5.74) is 0.00549. The van der Waals surface area contributed by atoms with Gasteiger partial charge in [0.1, 0.15) is 29.5 Å². The molecule has 3 N–H and O–H groups in total. The number of pyridine rings is 1. The molecule has 2 aromatic rings. The van der Waals surface area contributed by atoms with E-state index in [9.17, 15) is 27.6 Å². The topological polar surface area (TPSA) is 173 Å². The first kappa shape index (κ1) is 38.3.